The summed E-state index contributed by atoms with van der Waals surface area (Å²) in [6.45, 7) is 13.1. The van der Waals surface area contributed by atoms with E-state index in [9.17, 15) is 9.90 Å². The summed E-state index contributed by atoms with van der Waals surface area (Å²) in [5.41, 5.74) is 0. The van der Waals surface area contributed by atoms with Crippen LogP contribution in [-0.4, -0.2) is 11.1 Å². The van der Waals surface area contributed by atoms with Gasteiger partial charge in [-0.05, 0) is 37.5 Å². The predicted octanol–water partition coefficient (Wildman–Crippen LogP) is 5.17. The van der Waals surface area contributed by atoms with Crippen molar-refractivity contribution in [2.45, 2.75) is 32.6 Å². The fourth-order valence-electron chi connectivity index (χ4n) is 2.23. The van der Waals surface area contributed by atoms with E-state index in [-0.39, 0.29) is 11.8 Å². The molecule has 1 N–H and O–H groups in total. The first-order valence-electron chi connectivity index (χ1n) is 7.48. The SMILES string of the molecule is C=CC=CCC(C=C)C(C)C(C=CCCCC=C)C(=O)O. The zero-order valence-electron chi connectivity index (χ0n) is 13.1. The van der Waals surface area contributed by atoms with E-state index in [2.05, 4.69) is 19.7 Å². The average molecular weight is 288 g/mol. The fraction of sp³-hybridized carbons (Fsp3) is 0.421. The third kappa shape index (κ3) is 8.13. The molecule has 0 fully saturated rings. The molecule has 116 valence electrons. The molecule has 0 aromatic rings. The van der Waals surface area contributed by atoms with Crippen LogP contribution in [-0.2, 0) is 4.79 Å². The highest BCUT2D eigenvalue weighted by atomic mass is 16.4. The molecule has 2 heteroatoms. The number of unbranched alkanes of at least 4 members (excludes halogenated alkanes) is 2. The first-order chi connectivity index (χ1) is 10.1. The van der Waals surface area contributed by atoms with Gasteiger partial charge >= 0.3 is 5.97 Å². The van der Waals surface area contributed by atoms with Crippen molar-refractivity contribution in [3.8, 4) is 0 Å². The second kappa shape index (κ2) is 12.0. The van der Waals surface area contributed by atoms with Gasteiger partial charge in [0.25, 0.3) is 0 Å². The second-order valence-electron chi connectivity index (χ2n) is 5.17. The smallest absolute Gasteiger partial charge is 0.310 e. The van der Waals surface area contributed by atoms with E-state index in [1.54, 1.807) is 6.08 Å². The summed E-state index contributed by atoms with van der Waals surface area (Å²) >= 11 is 0. The molecular formula is C19H28O2. The van der Waals surface area contributed by atoms with Gasteiger partial charge in [0.15, 0.2) is 0 Å². The molecule has 0 saturated heterocycles. The first kappa shape index (κ1) is 19.2. The van der Waals surface area contributed by atoms with E-state index < -0.39 is 11.9 Å². The van der Waals surface area contributed by atoms with Crippen LogP contribution in [0.1, 0.15) is 32.6 Å². The number of aliphatic carboxylic acids is 1. The minimum atomic E-state index is -0.776. The molecule has 21 heavy (non-hydrogen) atoms. The van der Waals surface area contributed by atoms with Gasteiger partial charge in [-0.25, -0.2) is 0 Å². The Labute approximate surface area is 129 Å². The van der Waals surface area contributed by atoms with Gasteiger partial charge in [0.05, 0.1) is 5.92 Å². The normalized spacial score (nSPS) is 15.7. The van der Waals surface area contributed by atoms with Crippen LogP contribution in [0, 0.1) is 17.8 Å². The summed E-state index contributed by atoms with van der Waals surface area (Å²) in [6.07, 6.45) is 16.8. The van der Waals surface area contributed by atoms with Crippen LogP contribution < -0.4 is 0 Å². The summed E-state index contributed by atoms with van der Waals surface area (Å²) in [4.78, 5) is 11.5. The van der Waals surface area contributed by atoms with E-state index in [1.165, 1.54) is 0 Å². The van der Waals surface area contributed by atoms with Gasteiger partial charge in [0.1, 0.15) is 0 Å². The lowest BCUT2D eigenvalue weighted by atomic mass is 9.80. The first-order valence-corrected chi connectivity index (χ1v) is 7.48. The number of carbonyl (C=O) groups is 1. The van der Waals surface area contributed by atoms with Crippen LogP contribution >= 0.6 is 0 Å². The highest BCUT2D eigenvalue weighted by molar-refractivity contribution is 5.72. The van der Waals surface area contributed by atoms with Crippen LogP contribution in [0.3, 0.4) is 0 Å². The number of carboxylic acid groups (broad SMARTS) is 1. The minimum absolute atomic E-state index is 0.00474. The summed E-state index contributed by atoms with van der Waals surface area (Å²) in [5.74, 6) is -1.11. The fourth-order valence-corrected chi connectivity index (χ4v) is 2.23. The van der Waals surface area contributed by atoms with Crippen molar-refractivity contribution in [1.29, 1.82) is 0 Å². The maximum absolute atomic E-state index is 11.5. The molecule has 0 aliphatic carbocycles. The molecule has 0 rings (SSSR count). The number of hydrogen-bond donors (Lipinski definition) is 1. The van der Waals surface area contributed by atoms with Crippen molar-refractivity contribution in [3.05, 3.63) is 62.3 Å². The van der Waals surface area contributed by atoms with Crippen molar-refractivity contribution in [1.82, 2.24) is 0 Å². The van der Waals surface area contributed by atoms with E-state index >= 15 is 0 Å². The quantitative estimate of drug-likeness (QED) is 0.305. The van der Waals surface area contributed by atoms with Crippen LogP contribution in [0.2, 0.25) is 0 Å². The molecule has 0 spiro atoms. The Kier molecular flexibility index (Phi) is 10.9. The zero-order chi connectivity index (χ0) is 16.1. The van der Waals surface area contributed by atoms with Gasteiger partial charge in [-0.15, -0.1) is 13.2 Å². The Morgan fingerprint density at radius 3 is 2.43 bits per heavy atom. The Morgan fingerprint density at radius 1 is 1.19 bits per heavy atom. The van der Waals surface area contributed by atoms with Gasteiger partial charge < -0.3 is 5.11 Å². The standard InChI is InChI=1S/C19H28O2/c1-5-8-10-11-13-15-18(19(20)21)16(4)17(7-3)14-12-9-6-2/h5-7,9,12-13,15-18H,1-3,8,10-11,14H2,4H3,(H,20,21). The monoisotopic (exact) mass is 288 g/mol. The van der Waals surface area contributed by atoms with Crippen LogP contribution in [0.25, 0.3) is 0 Å². The van der Waals surface area contributed by atoms with Gasteiger partial charge in [-0.1, -0.05) is 56.0 Å². The Balaban J connectivity index is 4.70. The molecule has 0 bridgehead atoms. The van der Waals surface area contributed by atoms with Gasteiger partial charge in [-0.3, -0.25) is 4.79 Å². The predicted molar refractivity (Wildman–Crippen MR) is 91.1 cm³/mol. The third-order valence-corrected chi connectivity index (χ3v) is 3.63. The summed E-state index contributed by atoms with van der Waals surface area (Å²) in [6, 6.07) is 0. The molecule has 3 atom stereocenters. The molecule has 0 aliphatic heterocycles. The average Bonchev–Trinajstić information content (AvgIpc) is 2.46. The number of carboxylic acids is 1. The zero-order valence-corrected chi connectivity index (χ0v) is 13.1. The molecular weight excluding hydrogens is 260 g/mol. The molecule has 0 aromatic heterocycles. The van der Waals surface area contributed by atoms with Crippen molar-refractivity contribution in [3.63, 3.8) is 0 Å². The largest absolute Gasteiger partial charge is 0.481 e. The molecule has 0 amide bonds. The van der Waals surface area contributed by atoms with Crippen molar-refractivity contribution in [2.24, 2.45) is 17.8 Å². The van der Waals surface area contributed by atoms with Crippen molar-refractivity contribution in [2.75, 3.05) is 0 Å². The molecule has 2 nitrogen and oxygen atoms in total. The van der Waals surface area contributed by atoms with E-state index in [1.807, 2.05) is 43.4 Å². The lowest BCUT2D eigenvalue weighted by Crippen LogP contribution is -2.25. The van der Waals surface area contributed by atoms with E-state index in [4.69, 9.17) is 0 Å². The third-order valence-electron chi connectivity index (χ3n) is 3.63. The summed E-state index contributed by atoms with van der Waals surface area (Å²) < 4.78 is 0. The lowest BCUT2D eigenvalue weighted by molar-refractivity contribution is -0.141. The molecule has 0 aliphatic rings. The number of hydrogen-bond acceptors (Lipinski definition) is 1. The molecule has 0 saturated carbocycles. The maximum atomic E-state index is 11.5. The Bertz CT molecular complexity index is 390. The van der Waals surface area contributed by atoms with Crippen molar-refractivity contribution < 1.29 is 9.90 Å². The number of rotatable bonds is 12. The highest BCUT2D eigenvalue weighted by Crippen LogP contribution is 2.27. The van der Waals surface area contributed by atoms with Gasteiger partial charge in [-0.2, -0.15) is 0 Å². The summed E-state index contributed by atoms with van der Waals surface area (Å²) in [5, 5.41) is 9.43. The molecule has 0 aromatic carbocycles. The molecule has 3 unspecified atom stereocenters. The van der Waals surface area contributed by atoms with Gasteiger partial charge in [0, 0.05) is 0 Å². The molecule has 0 heterocycles. The highest BCUT2D eigenvalue weighted by Gasteiger charge is 2.26. The summed E-state index contributed by atoms with van der Waals surface area (Å²) in [7, 11) is 0. The van der Waals surface area contributed by atoms with Crippen LogP contribution in [0.5, 0.6) is 0 Å². The van der Waals surface area contributed by atoms with Crippen LogP contribution in [0.15, 0.2) is 62.3 Å². The van der Waals surface area contributed by atoms with E-state index in [0.717, 1.165) is 25.7 Å². The number of allylic oxidation sites excluding steroid dienone is 6. The lowest BCUT2D eigenvalue weighted by Gasteiger charge is -2.23. The Hall–Kier alpha value is -1.83. The van der Waals surface area contributed by atoms with Gasteiger partial charge in [0.2, 0.25) is 0 Å². The van der Waals surface area contributed by atoms with Crippen LogP contribution in [0.4, 0.5) is 0 Å². The Morgan fingerprint density at radius 2 is 1.90 bits per heavy atom. The topological polar surface area (TPSA) is 37.3 Å². The van der Waals surface area contributed by atoms with Crippen molar-refractivity contribution >= 4 is 5.97 Å². The van der Waals surface area contributed by atoms with E-state index in [0.29, 0.717) is 0 Å². The maximum Gasteiger partial charge on any atom is 0.310 e. The second-order valence-corrected chi connectivity index (χ2v) is 5.17. The minimum Gasteiger partial charge on any atom is -0.481 e. The molecule has 0 radical (unpaired) electrons.